The lowest BCUT2D eigenvalue weighted by Gasteiger charge is -2.11. The molecule has 1 atom stereocenters. The number of carbonyl (C=O) groups excluding carboxylic acids is 1. The van der Waals surface area contributed by atoms with Gasteiger partial charge in [0, 0.05) is 23.6 Å². The Morgan fingerprint density at radius 2 is 2.00 bits per heavy atom. The largest absolute Gasteiger partial charge is 0.393 e. The molecule has 0 saturated carbocycles. The zero-order valence-electron chi connectivity index (χ0n) is 15.5. The first kappa shape index (κ1) is 18.9. The second-order valence-electron chi connectivity index (χ2n) is 6.81. The smallest absolute Gasteiger partial charge is 0.181 e. The van der Waals surface area contributed by atoms with E-state index < -0.39 is 6.10 Å². The van der Waals surface area contributed by atoms with Crippen LogP contribution >= 0.6 is 0 Å². The van der Waals surface area contributed by atoms with Gasteiger partial charge in [-0.25, -0.2) is 0 Å². The molecule has 2 rings (SSSR count). The molecule has 1 aromatic heterocycles. The molecular formula is C20H25N3O2. The number of Topliss-reactive ketones (excluding diaryl/α,β-unsaturated/α-hetero) is 1. The van der Waals surface area contributed by atoms with Gasteiger partial charge in [-0.3, -0.25) is 9.48 Å². The Kier molecular flexibility index (Phi) is 5.76. The van der Waals surface area contributed by atoms with Gasteiger partial charge in [0.2, 0.25) is 0 Å². The normalized spacial score (nSPS) is 12.2. The quantitative estimate of drug-likeness (QED) is 0.808. The first-order chi connectivity index (χ1) is 11.8. The standard InChI is InChI=1S/C20H25N3O2/c1-12(2)23-20(18(25)9-6-14(4)24)15(5)19(22-23)16-7-8-17(11-21)13(3)10-16/h7-8,10,12,14,24H,6,9H2,1-5H3/t14-/m1/s1. The Bertz CT molecular complexity index is 826. The second kappa shape index (κ2) is 7.62. The predicted octanol–water partition coefficient (Wildman–Crippen LogP) is 3.96. The number of aliphatic hydroxyl groups is 1. The number of hydrogen-bond acceptors (Lipinski definition) is 4. The molecule has 0 spiro atoms. The molecule has 2 aromatic rings. The highest BCUT2D eigenvalue weighted by Gasteiger charge is 2.23. The number of aromatic nitrogens is 2. The molecule has 1 N–H and O–H groups in total. The minimum Gasteiger partial charge on any atom is -0.393 e. The van der Waals surface area contributed by atoms with Gasteiger partial charge in [0.15, 0.2) is 5.78 Å². The Balaban J connectivity index is 2.51. The number of nitriles is 1. The van der Waals surface area contributed by atoms with Gasteiger partial charge >= 0.3 is 0 Å². The van der Waals surface area contributed by atoms with Gasteiger partial charge in [-0.2, -0.15) is 10.4 Å². The third-order valence-electron chi connectivity index (χ3n) is 4.31. The molecule has 132 valence electrons. The lowest BCUT2D eigenvalue weighted by Crippen LogP contribution is -2.15. The number of ketones is 1. The zero-order chi connectivity index (χ0) is 18.7. The Labute approximate surface area is 148 Å². The van der Waals surface area contributed by atoms with Crippen LogP contribution in [0.2, 0.25) is 0 Å². The number of benzene rings is 1. The fraction of sp³-hybridized carbons (Fsp3) is 0.450. The maximum Gasteiger partial charge on any atom is 0.181 e. The van der Waals surface area contributed by atoms with Gasteiger partial charge in [0.1, 0.15) is 5.69 Å². The SMILES string of the molecule is Cc1cc(-c2nn(C(C)C)c(C(=O)CC[C@@H](C)O)c2C)ccc1C#N. The van der Waals surface area contributed by atoms with E-state index in [4.69, 9.17) is 5.26 Å². The van der Waals surface area contributed by atoms with Crippen LogP contribution in [-0.2, 0) is 0 Å². The van der Waals surface area contributed by atoms with Gasteiger partial charge in [-0.1, -0.05) is 6.07 Å². The Hall–Kier alpha value is -2.45. The molecule has 0 aliphatic rings. The molecule has 0 bridgehead atoms. The predicted molar refractivity (Wildman–Crippen MR) is 97.5 cm³/mol. The number of carbonyl (C=O) groups is 1. The number of nitrogens with zero attached hydrogens (tertiary/aromatic N) is 3. The van der Waals surface area contributed by atoms with Crippen molar-refractivity contribution in [3.05, 3.63) is 40.6 Å². The molecule has 0 radical (unpaired) electrons. The average Bonchev–Trinajstić information content (AvgIpc) is 2.90. The van der Waals surface area contributed by atoms with Crippen LogP contribution in [0.5, 0.6) is 0 Å². The molecule has 1 aromatic carbocycles. The maximum absolute atomic E-state index is 12.7. The highest BCUT2D eigenvalue weighted by molar-refractivity contribution is 5.97. The molecule has 25 heavy (non-hydrogen) atoms. The summed E-state index contributed by atoms with van der Waals surface area (Å²) in [5.74, 6) is -0.00350. The Morgan fingerprint density at radius 3 is 2.52 bits per heavy atom. The van der Waals surface area contributed by atoms with Crippen molar-refractivity contribution in [2.45, 2.75) is 59.6 Å². The average molecular weight is 339 g/mol. The summed E-state index contributed by atoms with van der Waals surface area (Å²) in [6, 6.07) is 7.81. The monoisotopic (exact) mass is 339 g/mol. The van der Waals surface area contributed by atoms with Crippen LogP contribution in [0.1, 0.15) is 66.8 Å². The lowest BCUT2D eigenvalue weighted by molar-refractivity contribution is 0.0936. The van der Waals surface area contributed by atoms with Crippen LogP contribution in [0.3, 0.4) is 0 Å². The van der Waals surface area contributed by atoms with Crippen molar-refractivity contribution in [1.29, 1.82) is 5.26 Å². The summed E-state index contributed by atoms with van der Waals surface area (Å²) < 4.78 is 1.77. The summed E-state index contributed by atoms with van der Waals surface area (Å²) in [6.07, 6.45) is 0.232. The molecule has 0 aliphatic heterocycles. The van der Waals surface area contributed by atoms with Gasteiger partial charge in [-0.15, -0.1) is 0 Å². The van der Waals surface area contributed by atoms with E-state index in [-0.39, 0.29) is 11.8 Å². The van der Waals surface area contributed by atoms with Crippen molar-refractivity contribution in [1.82, 2.24) is 9.78 Å². The van der Waals surface area contributed by atoms with Crippen LogP contribution in [0.4, 0.5) is 0 Å². The molecule has 0 unspecified atom stereocenters. The molecule has 0 amide bonds. The van der Waals surface area contributed by atoms with Crippen molar-refractivity contribution in [2.75, 3.05) is 0 Å². The first-order valence-corrected chi connectivity index (χ1v) is 8.57. The van der Waals surface area contributed by atoms with E-state index in [1.54, 1.807) is 17.7 Å². The van der Waals surface area contributed by atoms with E-state index in [9.17, 15) is 9.90 Å². The van der Waals surface area contributed by atoms with E-state index in [1.165, 1.54) is 0 Å². The second-order valence-corrected chi connectivity index (χ2v) is 6.81. The molecular weight excluding hydrogens is 314 g/mol. The van der Waals surface area contributed by atoms with Gasteiger partial charge < -0.3 is 5.11 Å². The minimum atomic E-state index is -0.500. The zero-order valence-corrected chi connectivity index (χ0v) is 15.5. The van der Waals surface area contributed by atoms with Crippen molar-refractivity contribution in [3.8, 4) is 17.3 Å². The summed E-state index contributed by atoms with van der Waals surface area (Å²) in [5, 5.41) is 23.2. The molecule has 1 heterocycles. The summed E-state index contributed by atoms with van der Waals surface area (Å²) >= 11 is 0. The number of hydrogen-bond donors (Lipinski definition) is 1. The maximum atomic E-state index is 12.7. The van der Waals surface area contributed by atoms with Crippen LogP contribution in [0.25, 0.3) is 11.3 Å². The van der Waals surface area contributed by atoms with Gasteiger partial charge in [0.25, 0.3) is 0 Å². The van der Waals surface area contributed by atoms with Gasteiger partial charge in [-0.05, 0) is 58.7 Å². The topological polar surface area (TPSA) is 78.9 Å². The van der Waals surface area contributed by atoms with E-state index in [0.29, 0.717) is 24.1 Å². The lowest BCUT2D eigenvalue weighted by atomic mass is 9.99. The van der Waals surface area contributed by atoms with E-state index in [0.717, 1.165) is 22.4 Å². The van der Waals surface area contributed by atoms with Crippen LogP contribution in [0, 0.1) is 25.2 Å². The summed E-state index contributed by atoms with van der Waals surface area (Å²) in [5.41, 5.74) is 4.64. The van der Waals surface area contributed by atoms with Crippen molar-refractivity contribution in [2.24, 2.45) is 0 Å². The van der Waals surface area contributed by atoms with E-state index >= 15 is 0 Å². The number of aryl methyl sites for hydroxylation is 1. The highest BCUT2D eigenvalue weighted by Crippen LogP contribution is 2.29. The fourth-order valence-electron chi connectivity index (χ4n) is 2.90. The number of aliphatic hydroxyl groups excluding tert-OH is 1. The van der Waals surface area contributed by atoms with Crippen molar-refractivity contribution in [3.63, 3.8) is 0 Å². The van der Waals surface area contributed by atoms with Crippen molar-refractivity contribution >= 4 is 5.78 Å². The third kappa shape index (κ3) is 3.97. The number of rotatable bonds is 6. The third-order valence-corrected chi connectivity index (χ3v) is 4.31. The van der Waals surface area contributed by atoms with E-state index in [1.807, 2.05) is 39.8 Å². The Morgan fingerprint density at radius 1 is 1.32 bits per heavy atom. The molecule has 0 saturated heterocycles. The van der Waals surface area contributed by atoms with Crippen LogP contribution in [-0.4, -0.2) is 26.8 Å². The van der Waals surface area contributed by atoms with Crippen LogP contribution < -0.4 is 0 Å². The molecule has 0 fully saturated rings. The summed E-state index contributed by atoms with van der Waals surface area (Å²) in [6.45, 7) is 9.47. The minimum absolute atomic E-state index is 0.00350. The van der Waals surface area contributed by atoms with E-state index in [2.05, 4.69) is 11.2 Å². The fourth-order valence-corrected chi connectivity index (χ4v) is 2.90. The molecule has 5 nitrogen and oxygen atoms in total. The molecule has 5 heteroatoms. The first-order valence-electron chi connectivity index (χ1n) is 8.57. The highest BCUT2D eigenvalue weighted by atomic mass is 16.3. The van der Waals surface area contributed by atoms with Crippen molar-refractivity contribution < 1.29 is 9.90 Å². The molecule has 0 aliphatic carbocycles. The van der Waals surface area contributed by atoms with Gasteiger partial charge in [0.05, 0.1) is 23.4 Å². The summed E-state index contributed by atoms with van der Waals surface area (Å²) in [7, 11) is 0. The summed E-state index contributed by atoms with van der Waals surface area (Å²) in [4.78, 5) is 12.7. The van der Waals surface area contributed by atoms with Crippen LogP contribution in [0.15, 0.2) is 18.2 Å².